The summed E-state index contributed by atoms with van der Waals surface area (Å²) in [7, 11) is 0. The Hall–Kier alpha value is -6.86. The summed E-state index contributed by atoms with van der Waals surface area (Å²) in [6.45, 7) is 13.2. The summed E-state index contributed by atoms with van der Waals surface area (Å²) >= 11 is 0. The van der Waals surface area contributed by atoms with Crippen LogP contribution < -0.4 is 15.8 Å². The number of benzene rings is 5. The number of phenols is 1. The summed E-state index contributed by atoms with van der Waals surface area (Å²) in [6, 6.07) is 41.9. The third kappa shape index (κ3) is 5.86. The van der Waals surface area contributed by atoms with Crippen molar-refractivity contribution in [1.29, 1.82) is 0 Å². The molecule has 7 heteroatoms. The van der Waals surface area contributed by atoms with Crippen molar-refractivity contribution in [3.05, 3.63) is 191 Å². The smallest absolute Gasteiger partial charge is 0.357 e. The van der Waals surface area contributed by atoms with Gasteiger partial charge in [-0.3, -0.25) is 9.55 Å². The summed E-state index contributed by atoms with van der Waals surface area (Å²) in [5, 5.41) is 11.8. The molecule has 5 heterocycles. The van der Waals surface area contributed by atoms with E-state index in [2.05, 4.69) is 148 Å². The van der Waals surface area contributed by atoms with Gasteiger partial charge in [-0.1, -0.05) is 107 Å². The molecular formula is C52H45BN4O2. The highest BCUT2D eigenvalue weighted by atomic mass is 16.5. The molecule has 0 saturated carbocycles. The molecule has 1 N–H and O–H groups in total. The van der Waals surface area contributed by atoms with E-state index in [9.17, 15) is 5.11 Å². The van der Waals surface area contributed by atoms with E-state index >= 15 is 0 Å². The summed E-state index contributed by atoms with van der Waals surface area (Å²) in [4.78, 5) is 12.8. The van der Waals surface area contributed by atoms with Gasteiger partial charge < -0.3 is 14.7 Å². The molecule has 0 radical (unpaired) electrons. The van der Waals surface area contributed by atoms with E-state index in [1.54, 1.807) is 6.07 Å². The van der Waals surface area contributed by atoms with Crippen LogP contribution in [0.1, 0.15) is 73.0 Å². The summed E-state index contributed by atoms with van der Waals surface area (Å²) in [5.74, 6) is 2.72. The van der Waals surface area contributed by atoms with Crippen LogP contribution in [0.5, 0.6) is 11.5 Å². The second kappa shape index (κ2) is 14.2. The molecule has 0 unspecified atom stereocenters. The lowest BCUT2D eigenvalue weighted by molar-refractivity contribution is 0.323. The van der Waals surface area contributed by atoms with Crippen LogP contribution in [0.15, 0.2) is 157 Å². The lowest BCUT2D eigenvalue weighted by atomic mass is 9.47. The molecule has 10 rings (SSSR count). The number of aromatic hydroxyl groups is 1. The quantitative estimate of drug-likeness (QED) is 0.164. The van der Waals surface area contributed by atoms with Crippen LogP contribution in [-0.2, 0) is 0 Å². The first kappa shape index (κ1) is 36.5. The van der Waals surface area contributed by atoms with Gasteiger partial charge in [0, 0.05) is 17.5 Å². The van der Waals surface area contributed by atoms with Gasteiger partial charge in [0.15, 0.2) is 5.88 Å². The molecule has 59 heavy (non-hydrogen) atoms. The van der Waals surface area contributed by atoms with E-state index in [4.69, 9.17) is 14.7 Å². The zero-order valence-corrected chi connectivity index (χ0v) is 34.2. The number of hydrogen-bond acceptors (Lipinski definition) is 5. The van der Waals surface area contributed by atoms with Gasteiger partial charge in [0.05, 0.1) is 28.2 Å². The molecule has 2 aromatic heterocycles. The molecule has 7 aromatic rings. The van der Waals surface area contributed by atoms with Crippen molar-refractivity contribution >= 4 is 23.5 Å². The van der Waals surface area contributed by atoms with Gasteiger partial charge in [-0.25, -0.2) is 4.98 Å². The summed E-state index contributed by atoms with van der Waals surface area (Å²) < 4.78 is 9.21. The van der Waals surface area contributed by atoms with Crippen LogP contribution in [0.3, 0.4) is 0 Å². The predicted octanol–water partition coefficient (Wildman–Crippen LogP) is 10.8. The zero-order valence-electron chi connectivity index (χ0n) is 34.2. The van der Waals surface area contributed by atoms with Crippen LogP contribution in [0.25, 0.3) is 45.0 Å². The minimum atomic E-state index is -0.351. The number of hydrogen-bond donors (Lipinski definition) is 1. The Morgan fingerprint density at radius 2 is 1.42 bits per heavy atom. The maximum Gasteiger partial charge on any atom is 0.357 e. The number of imidazole rings is 1. The Bertz CT molecular complexity index is 2860. The van der Waals surface area contributed by atoms with Crippen LogP contribution in [0, 0.1) is 13.8 Å². The first-order valence-corrected chi connectivity index (χ1v) is 20.6. The first-order chi connectivity index (χ1) is 28.7. The Kier molecular flexibility index (Phi) is 8.78. The van der Waals surface area contributed by atoms with Gasteiger partial charge in [0.1, 0.15) is 17.3 Å². The van der Waals surface area contributed by atoms with Crippen molar-refractivity contribution in [2.75, 3.05) is 0 Å². The molecule has 5 aromatic carbocycles. The van der Waals surface area contributed by atoms with E-state index in [-0.39, 0.29) is 24.4 Å². The van der Waals surface area contributed by atoms with Crippen LogP contribution in [0.2, 0.25) is 0 Å². The molecule has 0 bridgehead atoms. The number of rotatable bonds is 7. The molecule has 0 amide bonds. The van der Waals surface area contributed by atoms with E-state index in [0.29, 0.717) is 11.4 Å². The van der Waals surface area contributed by atoms with Gasteiger partial charge in [-0.2, -0.15) is 0 Å². The normalized spacial score (nSPS) is 14.0. The Morgan fingerprint density at radius 1 is 0.712 bits per heavy atom. The zero-order chi connectivity index (χ0) is 40.5. The molecule has 0 atom stereocenters. The Balaban J connectivity index is 1.39. The molecule has 3 aliphatic rings. The highest BCUT2D eigenvalue weighted by molar-refractivity contribution is 6.85. The average molecular weight is 769 g/mol. The number of pyridine rings is 1. The monoisotopic (exact) mass is 768 g/mol. The van der Waals surface area contributed by atoms with Gasteiger partial charge in [-0.15, -0.1) is 0 Å². The van der Waals surface area contributed by atoms with E-state index in [0.717, 1.165) is 62.2 Å². The molecular weight excluding hydrogens is 723 g/mol. The van der Waals surface area contributed by atoms with Crippen LogP contribution in [0.4, 0.5) is 0 Å². The van der Waals surface area contributed by atoms with Crippen LogP contribution >= 0.6 is 0 Å². The second-order valence-electron chi connectivity index (χ2n) is 16.4. The number of para-hydroxylation sites is 1. The molecule has 0 aliphatic carbocycles. The van der Waals surface area contributed by atoms with Crippen molar-refractivity contribution in [2.24, 2.45) is 0 Å². The lowest BCUT2D eigenvalue weighted by Crippen LogP contribution is -2.62. The number of fused-ring (bicyclic) bond motifs is 4. The SMILES string of the molecule is Cc1cccc(C)c1C1=C2C=CC=C3Oc4ccc(-c5ccccn5)cc4B(c4nc(-c5ccccc5O)n(-c5c(C(C)C)cc(-c6ccccc6)cc5C(C)C)c41)N32. The van der Waals surface area contributed by atoms with E-state index in [1.165, 1.54) is 33.4 Å². The molecule has 0 spiro atoms. The fourth-order valence-corrected chi connectivity index (χ4v) is 9.24. The summed E-state index contributed by atoms with van der Waals surface area (Å²) in [6.07, 6.45) is 8.21. The molecule has 0 fully saturated rings. The number of nitrogens with zero attached hydrogens (tertiary/aromatic N) is 4. The maximum absolute atomic E-state index is 11.8. The number of aromatic nitrogens is 3. The average Bonchev–Trinajstić information content (AvgIpc) is 3.64. The number of aryl methyl sites for hydroxylation is 2. The van der Waals surface area contributed by atoms with Crippen molar-refractivity contribution in [1.82, 2.24) is 19.3 Å². The highest BCUT2D eigenvalue weighted by Gasteiger charge is 2.49. The lowest BCUT2D eigenvalue weighted by Gasteiger charge is -2.43. The van der Waals surface area contributed by atoms with Crippen LogP contribution in [-0.4, -0.2) is 31.3 Å². The third-order valence-corrected chi connectivity index (χ3v) is 12.0. The number of ether oxygens (including phenoxy) is 1. The first-order valence-electron chi connectivity index (χ1n) is 20.6. The van der Waals surface area contributed by atoms with Gasteiger partial charge >= 0.3 is 6.85 Å². The van der Waals surface area contributed by atoms with Crippen molar-refractivity contribution in [2.45, 2.75) is 53.4 Å². The minimum Gasteiger partial charge on any atom is -0.507 e. The maximum atomic E-state index is 11.8. The topological polar surface area (TPSA) is 63.4 Å². The Morgan fingerprint density at radius 3 is 2.12 bits per heavy atom. The largest absolute Gasteiger partial charge is 0.507 e. The summed E-state index contributed by atoms with van der Waals surface area (Å²) in [5.41, 5.74) is 17.0. The molecule has 0 saturated heterocycles. The van der Waals surface area contributed by atoms with Gasteiger partial charge in [0.2, 0.25) is 0 Å². The van der Waals surface area contributed by atoms with Crippen molar-refractivity contribution in [3.63, 3.8) is 0 Å². The van der Waals surface area contributed by atoms with Gasteiger partial charge in [-0.05, 0) is 136 Å². The number of phenolic OH excluding ortho intramolecular Hbond substituents is 1. The molecule has 288 valence electrons. The van der Waals surface area contributed by atoms with Crippen molar-refractivity contribution in [3.8, 4) is 51.0 Å². The van der Waals surface area contributed by atoms with E-state index < -0.39 is 0 Å². The minimum absolute atomic E-state index is 0.159. The molecule has 6 nitrogen and oxygen atoms in total. The highest BCUT2D eigenvalue weighted by Crippen LogP contribution is 2.47. The predicted molar refractivity (Wildman–Crippen MR) is 241 cm³/mol. The molecule has 3 aliphatic heterocycles. The third-order valence-electron chi connectivity index (χ3n) is 12.0. The van der Waals surface area contributed by atoms with Crippen molar-refractivity contribution < 1.29 is 9.84 Å². The standard InChI is InChI=1S/C52H45BN4O2/c1-31(2)39-28-37(35-18-8-7-9-19-35)29-40(32(3)4)49(39)56-50-48(47-33(5)16-14-17-34(47)6)43-22-15-24-46-57(43)53(51(50)55-52(56)38-20-10-11-23-44(38)58)41-30-36(25-26-45(41)59-46)42-21-12-13-27-54-42/h7-32,58H,1-6H3. The fourth-order valence-electron chi connectivity index (χ4n) is 9.24. The van der Waals surface area contributed by atoms with Gasteiger partial charge in [0.25, 0.3) is 0 Å². The number of allylic oxidation sites excluding steroid dienone is 3. The second-order valence-corrected chi connectivity index (χ2v) is 16.4. The van der Waals surface area contributed by atoms with E-state index in [1.807, 2.05) is 42.6 Å². The Labute approximate surface area is 346 Å². The fraction of sp³-hybridized carbons (Fsp3) is 0.154.